The van der Waals surface area contributed by atoms with Crippen molar-refractivity contribution in [3.05, 3.63) is 54.1 Å². The van der Waals surface area contributed by atoms with Crippen molar-refractivity contribution < 1.29 is 27.5 Å². The number of amides is 2. The first kappa shape index (κ1) is 23.0. The fraction of sp³-hybridized carbons (Fsp3) is 0.318. The van der Waals surface area contributed by atoms with Crippen molar-refractivity contribution in [2.45, 2.75) is 43.6 Å². The van der Waals surface area contributed by atoms with E-state index in [-0.39, 0.29) is 23.2 Å². The van der Waals surface area contributed by atoms with E-state index in [2.05, 4.69) is 20.4 Å². The highest BCUT2D eigenvalue weighted by atomic mass is 32.1. The number of fused-ring (bicyclic) bond motifs is 1. The van der Waals surface area contributed by atoms with Crippen LogP contribution in [-0.2, 0) is 16.0 Å². The first-order valence-corrected chi connectivity index (χ1v) is 11.0. The van der Waals surface area contributed by atoms with Crippen molar-refractivity contribution in [3.63, 3.8) is 0 Å². The Hall–Kier alpha value is -3.18. The molecule has 174 valence electrons. The monoisotopic (exact) mass is 478 g/mol. The number of carbonyl (C=O) groups is 2. The van der Waals surface area contributed by atoms with Crippen molar-refractivity contribution in [1.82, 2.24) is 10.3 Å². The highest BCUT2D eigenvalue weighted by Crippen LogP contribution is 2.32. The molecule has 0 bridgehead atoms. The lowest BCUT2D eigenvalue weighted by Crippen LogP contribution is -2.61. The Kier molecular flexibility index (Phi) is 6.26. The fourth-order valence-corrected chi connectivity index (χ4v) is 4.39. The number of anilines is 1. The summed E-state index contributed by atoms with van der Waals surface area (Å²) in [5, 5.41) is 5.61. The number of nitrogens with one attached hydrogen (secondary N) is 2. The maximum absolute atomic E-state index is 13.0. The quantitative estimate of drug-likeness (QED) is 0.480. The third-order valence-electron chi connectivity index (χ3n) is 5.43. The van der Waals surface area contributed by atoms with E-state index in [0.29, 0.717) is 23.1 Å². The van der Waals surface area contributed by atoms with Crippen LogP contribution in [-0.4, -0.2) is 34.7 Å². The molecule has 1 saturated carbocycles. The number of ether oxygens (including phenoxy) is 1. The Balaban J connectivity index is 1.51. The number of nitrogens with two attached hydrogens (primary N) is 1. The fourth-order valence-electron chi connectivity index (χ4n) is 3.49. The minimum atomic E-state index is -4.81. The second-order valence-corrected chi connectivity index (χ2v) is 8.94. The summed E-state index contributed by atoms with van der Waals surface area (Å²) in [6, 6.07) is 12.0. The topological polar surface area (TPSA) is 106 Å². The summed E-state index contributed by atoms with van der Waals surface area (Å²) >= 11 is 1.00. The van der Waals surface area contributed by atoms with E-state index in [1.54, 1.807) is 0 Å². The lowest BCUT2D eigenvalue weighted by atomic mass is 9.77. The van der Waals surface area contributed by atoms with Crippen molar-refractivity contribution in [2.75, 3.05) is 5.32 Å². The molecule has 2 aromatic carbocycles. The zero-order chi connectivity index (χ0) is 23.6. The van der Waals surface area contributed by atoms with E-state index >= 15 is 0 Å². The predicted molar refractivity (Wildman–Crippen MR) is 118 cm³/mol. The van der Waals surface area contributed by atoms with Crippen molar-refractivity contribution in [1.29, 1.82) is 0 Å². The van der Waals surface area contributed by atoms with E-state index in [4.69, 9.17) is 5.73 Å². The minimum Gasteiger partial charge on any atom is -0.406 e. The van der Waals surface area contributed by atoms with Crippen molar-refractivity contribution in [3.8, 4) is 5.75 Å². The maximum atomic E-state index is 13.0. The SMILES string of the molecule is NC1(C(=O)N[C@@H](Cc2ccccc2)C(=O)Nc2nc3ccc(OC(F)(F)F)cc3s2)CCC1. The molecular weight excluding hydrogens is 457 g/mol. The molecule has 2 amide bonds. The highest BCUT2D eigenvalue weighted by molar-refractivity contribution is 7.22. The average Bonchev–Trinajstić information content (AvgIpc) is 3.12. The van der Waals surface area contributed by atoms with E-state index in [0.717, 1.165) is 29.4 Å². The normalized spacial score (nSPS) is 16.0. The van der Waals surface area contributed by atoms with Gasteiger partial charge in [-0.3, -0.25) is 9.59 Å². The van der Waals surface area contributed by atoms with Crippen LogP contribution in [0.1, 0.15) is 24.8 Å². The van der Waals surface area contributed by atoms with Gasteiger partial charge in [-0.15, -0.1) is 13.2 Å². The molecule has 1 aliphatic carbocycles. The molecular formula is C22H21F3N4O3S. The van der Waals surface area contributed by atoms with Crippen LogP contribution in [0, 0.1) is 0 Å². The number of aromatic nitrogens is 1. The number of hydrogen-bond acceptors (Lipinski definition) is 6. The molecule has 4 N–H and O–H groups in total. The van der Waals surface area contributed by atoms with Crippen molar-refractivity contribution >= 4 is 38.5 Å². The summed E-state index contributed by atoms with van der Waals surface area (Å²) in [5.74, 6) is -1.26. The molecule has 4 rings (SSSR count). The summed E-state index contributed by atoms with van der Waals surface area (Å²) in [6.07, 6.45) is -2.61. The van der Waals surface area contributed by atoms with Crippen LogP contribution in [0.25, 0.3) is 10.2 Å². The number of alkyl halides is 3. The van der Waals surface area contributed by atoms with Gasteiger partial charge in [-0.2, -0.15) is 0 Å². The van der Waals surface area contributed by atoms with E-state index in [9.17, 15) is 22.8 Å². The lowest BCUT2D eigenvalue weighted by molar-refractivity contribution is -0.274. The number of hydrogen-bond donors (Lipinski definition) is 3. The van der Waals surface area contributed by atoms with Crippen LogP contribution < -0.4 is 21.1 Å². The van der Waals surface area contributed by atoms with Gasteiger partial charge in [0, 0.05) is 12.5 Å². The first-order valence-electron chi connectivity index (χ1n) is 10.2. The number of thiazole rings is 1. The van der Waals surface area contributed by atoms with Gasteiger partial charge in [-0.1, -0.05) is 41.7 Å². The number of carbonyl (C=O) groups excluding carboxylic acids is 2. The van der Waals surface area contributed by atoms with Crippen LogP contribution in [0.2, 0.25) is 0 Å². The molecule has 0 aliphatic heterocycles. The van der Waals surface area contributed by atoms with Gasteiger partial charge in [-0.05, 0) is 37.0 Å². The van der Waals surface area contributed by atoms with Gasteiger partial charge in [0.25, 0.3) is 0 Å². The molecule has 0 saturated heterocycles. The largest absolute Gasteiger partial charge is 0.573 e. The highest BCUT2D eigenvalue weighted by Gasteiger charge is 2.41. The second kappa shape index (κ2) is 8.99. The number of halogens is 3. The maximum Gasteiger partial charge on any atom is 0.573 e. The van der Waals surface area contributed by atoms with E-state index in [1.807, 2.05) is 30.3 Å². The Morgan fingerprint density at radius 1 is 1.18 bits per heavy atom. The zero-order valence-electron chi connectivity index (χ0n) is 17.3. The molecule has 0 unspecified atom stereocenters. The molecule has 7 nitrogen and oxygen atoms in total. The molecule has 1 aromatic heterocycles. The summed E-state index contributed by atoms with van der Waals surface area (Å²) < 4.78 is 41.7. The van der Waals surface area contributed by atoms with Gasteiger partial charge < -0.3 is 21.1 Å². The molecule has 1 aliphatic rings. The van der Waals surface area contributed by atoms with Crippen LogP contribution in [0.5, 0.6) is 5.75 Å². The Labute approximate surface area is 191 Å². The molecule has 3 aromatic rings. The van der Waals surface area contributed by atoms with Gasteiger partial charge in [0.15, 0.2) is 5.13 Å². The van der Waals surface area contributed by atoms with E-state index < -0.39 is 23.9 Å². The Bertz CT molecular complexity index is 1160. The molecule has 0 spiro atoms. The minimum absolute atomic E-state index is 0.192. The summed E-state index contributed by atoms with van der Waals surface area (Å²) in [5.41, 5.74) is 6.38. The molecule has 1 atom stereocenters. The number of benzene rings is 2. The molecule has 1 heterocycles. The summed E-state index contributed by atoms with van der Waals surface area (Å²) in [4.78, 5) is 30.0. The standard InChI is InChI=1S/C22H21F3N4O3S/c23-22(24,25)32-14-7-8-15-17(12-14)33-20(28-15)29-18(30)16(11-13-5-2-1-3-6-13)27-19(31)21(26)9-4-10-21/h1-3,5-8,12,16H,4,9-11,26H2,(H,27,31)(H,28,29,30)/t16-/m0/s1. The molecule has 11 heteroatoms. The third-order valence-corrected chi connectivity index (χ3v) is 6.36. The summed E-state index contributed by atoms with van der Waals surface area (Å²) in [7, 11) is 0. The van der Waals surface area contributed by atoms with Crippen LogP contribution in [0.4, 0.5) is 18.3 Å². The Morgan fingerprint density at radius 3 is 2.55 bits per heavy atom. The van der Waals surface area contributed by atoms with Gasteiger partial charge in [-0.25, -0.2) is 4.98 Å². The smallest absolute Gasteiger partial charge is 0.406 e. The average molecular weight is 478 g/mol. The molecule has 0 radical (unpaired) electrons. The predicted octanol–water partition coefficient (Wildman–Crippen LogP) is 3.74. The molecule has 1 fully saturated rings. The molecule has 33 heavy (non-hydrogen) atoms. The summed E-state index contributed by atoms with van der Waals surface area (Å²) in [6.45, 7) is 0. The lowest BCUT2D eigenvalue weighted by Gasteiger charge is -2.37. The van der Waals surface area contributed by atoms with E-state index in [1.165, 1.54) is 12.1 Å². The number of rotatable bonds is 7. The number of nitrogens with zero attached hydrogens (tertiary/aromatic N) is 1. The van der Waals surface area contributed by atoms with Crippen molar-refractivity contribution in [2.24, 2.45) is 5.73 Å². The van der Waals surface area contributed by atoms with Gasteiger partial charge >= 0.3 is 6.36 Å². The second-order valence-electron chi connectivity index (χ2n) is 7.91. The zero-order valence-corrected chi connectivity index (χ0v) is 18.1. The Morgan fingerprint density at radius 2 is 1.91 bits per heavy atom. The van der Waals surface area contributed by atoms with Gasteiger partial charge in [0.05, 0.1) is 15.8 Å². The third kappa shape index (κ3) is 5.60. The van der Waals surface area contributed by atoms with Gasteiger partial charge in [0.2, 0.25) is 11.8 Å². The van der Waals surface area contributed by atoms with Crippen LogP contribution in [0.15, 0.2) is 48.5 Å². The van der Waals surface area contributed by atoms with Crippen LogP contribution in [0.3, 0.4) is 0 Å². The first-order chi connectivity index (χ1) is 15.6. The van der Waals surface area contributed by atoms with Gasteiger partial charge in [0.1, 0.15) is 11.8 Å². The van der Waals surface area contributed by atoms with Crippen LogP contribution >= 0.6 is 11.3 Å².